The molecule has 5 aromatic heterocycles. The summed E-state index contributed by atoms with van der Waals surface area (Å²) in [5.41, 5.74) is 9.74. The van der Waals surface area contributed by atoms with Crippen molar-refractivity contribution in [3.8, 4) is 17.1 Å². The number of aromatic nitrogens is 6. The van der Waals surface area contributed by atoms with E-state index in [1.165, 1.54) is 28.7 Å². The van der Waals surface area contributed by atoms with Crippen LogP contribution in [0, 0.1) is 0 Å². The Morgan fingerprint density at radius 3 is 2.66 bits per heavy atom. The van der Waals surface area contributed by atoms with Gasteiger partial charge in [0.25, 0.3) is 0 Å². The largest absolute Gasteiger partial charge is 0.506 e. The number of fused-ring (bicyclic) bond motifs is 6. The molecule has 9 nitrogen and oxygen atoms in total. The van der Waals surface area contributed by atoms with Gasteiger partial charge in [-0.05, 0) is 18.2 Å². The lowest BCUT2D eigenvalue weighted by Gasteiger charge is -2.06. The zero-order chi connectivity index (χ0) is 23.7. The first-order chi connectivity index (χ1) is 17.1. The van der Waals surface area contributed by atoms with E-state index in [0.717, 1.165) is 14.3 Å². The number of nitrogens with two attached hydrogens (primary N) is 1. The second-order valence-corrected chi connectivity index (χ2v) is 10.2. The normalized spacial score (nSPS) is 11.8. The highest BCUT2D eigenvalue weighted by Gasteiger charge is 2.25. The molecule has 0 aliphatic carbocycles. The van der Waals surface area contributed by atoms with Gasteiger partial charge in [0, 0.05) is 22.7 Å². The lowest BCUT2D eigenvalue weighted by Crippen LogP contribution is -2.03. The van der Waals surface area contributed by atoms with Crippen molar-refractivity contribution < 1.29 is 9.90 Å². The molecule has 168 valence electrons. The van der Waals surface area contributed by atoms with Crippen LogP contribution in [0.3, 0.4) is 0 Å². The number of pyridine rings is 1. The molecule has 0 saturated carbocycles. The summed E-state index contributed by atoms with van der Waals surface area (Å²) < 4.78 is 3.28. The molecule has 0 amide bonds. The Labute approximate surface area is 204 Å². The van der Waals surface area contributed by atoms with Gasteiger partial charge in [0.1, 0.15) is 26.4 Å². The Bertz CT molecular complexity index is 1960. The second-order valence-electron chi connectivity index (χ2n) is 7.86. The summed E-state index contributed by atoms with van der Waals surface area (Å²) in [6.07, 6.45) is 1.57. The maximum absolute atomic E-state index is 13.5. The minimum atomic E-state index is -0.232. The van der Waals surface area contributed by atoms with Crippen LogP contribution in [0.5, 0.6) is 5.75 Å². The molecule has 0 bridgehead atoms. The summed E-state index contributed by atoms with van der Waals surface area (Å²) >= 11 is 2.77. The van der Waals surface area contributed by atoms with Crippen molar-refractivity contribution in [1.29, 1.82) is 0 Å². The summed E-state index contributed by atoms with van der Waals surface area (Å²) in [6.45, 7) is 0. The van der Waals surface area contributed by atoms with Gasteiger partial charge in [-0.25, -0.2) is 0 Å². The number of thiophene rings is 2. The topological polar surface area (TPSA) is 132 Å². The third kappa shape index (κ3) is 2.79. The molecule has 0 spiro atoms. The van der Waals surface area contributed by atoms with Crippen LogP contribution in [0.4, 0.5) is 5.69 Å². The summed E-state index contributed by atoms with van der Waals surface area (Å²) in [5, 5.41) is 28.9. The van der Waals surface area contributed by atoms with Crippen LogP contribution >= 0.6 is 22.7 Å². The number of phenolic OH excluding ortho intramolecular Hbond substituents is 1. The Morgan fingerprint density at radius 2 is 1.80 bits per heavy atom. The van der Waals surface area contributed by atoms with Gasteiger partial charge in [-0.1, -0.05) is 41.6 Å². The molecule has 11 heteroatoms. The molecule has 0 unspecified atom stereocenters. The molecule has 2 aromatic carbocycles. The van der Waals surface area contributed by atoms with Crippen LogP contribution in [0.25, 0.3) is 47.6 Å². The predicted octanol–water partition coefficient (Wildman–Crippen LogP) is 4.68. The zero-order valence-electron chi connectivity index (χ0n) is 17.7. The number of nitrogens with zero attached hydrogens (tertiary/aromatic N) is 6. The fourth-order valence-corrected chi connectivity index (χ4v) is 6.76. The number of carbonyl (C=O) groups excluding carboxylic acids is 1. The van der Waals surface area contributed by atoms with Crippen molar-refractivity contribution >= 4 is 70.3 Å². The van der Waals surface area contributed by atoms with Gasteiger partial charge in [0.15, 0.2) is 11.5 Å². The molecule has 0 saturated heterocycles. The Morgan fingerprint density at radius 1 is 0.943 bits per heavy atom. The minimum Gasteiger partial charge on any atom is -0.506 e. The van der Waals surface area contributed by atoms with Crippen LogP contribution < -0.4 is 5.73 Å². The average Bonchev–Trinajstić information content (AvgIpc) is 3.57. The Kier molecular flexibility index (Phi) is 4.13. The number of anilines is 1. The molecular weight excluding hydrogens is 482 g/mol. The van der Waals surface area contributed by atoms with E-state index < -0.39 is 0 Å². The molecule has 7 aromatic rings. The first kappa shape index (κ1) is 19.9. The highest BCUT2D eigenvalue weighted by molar-refractivity contribution is 7.43. The van der Waals surface area contributed by atoms with E-state index in [0.29, 0.717) is 49.4 Å². The van der Waals surface area contributed by atoms with Gasteiger partial charge < -0.3 is 10.8 Å². The zero-order valence-corrected chi connectivity index (χ0v) is 19.3. The van der Waals surface area contributed by atoms with Crippen LogP contribution in [0.1, 0.15) is 15.2 Å². The van der Waals surface area contributed by atoms with E-state index in [4.69, 9.17) is 5.73 Å². The molecule has 0 atom stereocenters. The molecule has 35 heavy (non-hydrogen) atoms. The maximum Gasteiger partial charge on any atom is 0.205 e. The Hall–Kier alpha value is -4.48. The van der Waals surface area contributed by atoms with Crippen LogP contribution in [-0.4, -0.2) is 40.9 Å². The van der Waals surface area contributed by atoms with E-state index in [9.17, 15) is 9.90 Å². The van der Waals surface area contributed by atoms with E-state index in [1.54, 1.807) is 28.9 Å². The summed E-state index contributed by atoms with van der Waals surface area (Å²) in [6, 6.07) is 16.2. The number of rotatable bonds is 3. The fourth-order valence-electron chi connectivity index (χ4n) is 4.23. The van der Waals surface area contributed by atoms with E-state index in [2.05, 4.69) is 25.5 Å². The number of nitrogen functional groups attached to an aromatic ring is 1. The van der Waals surface area contributed by atoms with Gasteiger partial charge >= 0.3 is 0 Å². The van der Waals surface area contributed by atoms with Crippen molar-refractivity contribution in [1.82, 2.24) is 30.0 Å². The third-order valence-corrected chi connectivity index (χ3v) is 8.34. The van der Waals surface area contributed by atoms with E-state index in [-0.39, 0.29) is 11.5 Å². The number of ketones is 1. The highest BCUT2D eigenvalue weighted by atomic mass is 32.2. The lowest BCUT2D eigenvalue weighted by atomic mass is 10.0. The first-order valence-corrected chi connectivity index (χ1v) is 12.1. The second kappa shape index (κ2) is 7.26. The van der Waals surface area contributed by atoms with Gasteiger partial charge in [-0.2, -0.15) is 4.52 Å². The molecule has 0 radical (unpaired) electrons. The van der Waals surface area contributed by atoms with Crippen LogP contribution in [0.15, 0.2) is 60.8 Å². The van der Waals surface area contributed by atoms with Crippen molar-refractivity contribution in [2.45, 2.75) is 0 Å². The molecular formula is C24H13N7O2S2. The molecule has 0 fully saturated rings. The summed E-state index contributed by atoms with van der Waals surface area (Å²) in [7, 11) is 0. The number of phenols is 1. The number of aromatic hydroxyl groups is 1. The van der Waals surface area contributed by atoms with E-state index in [1.807, 2.05) is 30.3 Å². The van der Waals surface area contributed by atoms with Crippen molar-refractivity contribution in [2.24, 2.45) is 0 Å². The van der Waals surface area contributed by atoms with Crippen LogP contribution in [0.2, 0.25) is 0 Å². The molecule has 3 N–H and O–H groups in total. The third-order valence-electron chi connectivity index (χ3n) is 5.87. The fraction of sp³-hybridized carbons (Fsp3) is 0. The lowest BCUT2D eigenvalue weighted by molar-refractivity contribution is 0.104. The summed E-state index contributed by atoms with van der Waals surface area (Å²) in [4.78, 5) is 18.2. The van der Waals surface area contributed by atoms with Crippen molar-refractivity contribution in [2.75, 3.05) is 5.73 Å². The van der Waals surface area contributed by atoms with Crippen molar-refractivity contribution in [3.63, 3.8) is 0 Å². The van der Waals surface area contributed by atoms with Gasteiger partial charge in [-0.3, -0.25) is 9.78 Å². The van der Waals surface area contributed by atoms with Gasteiger partial charge in [-0.15, -0.1) is 38.0 Å². The minimum absolute atomic E-state index is 0.0192. The molecule has 5 heterocycles. The molecule has 7 rings (SSSR count). The number of hydrogen-bond acceptors (Lipinski definition) is 10. The number of hydrogen-bond donors (Lipinski definition) is 2. The SMILES string of the molecule is Nc1c(C(=O)c2ccc(O)c3ncccc23)sc2sc3c(nnn4c(-c5ccccc5)nnc34)c12. The number of carbonyl (C=O) groups is 1. The van der Waals surface area contributed by atoms with Crippen LogP contribution in [-0.2, 0) is 0 Å². The van der Waals surface area contributed by atoms with Crippen molar-refractivity contribution in [3.05, 3.63) is 71.2 Å². The molecule has 0 aliphatic rings. The standard InChI is InChI=1S/C24H13N7O2S2/c25-16-15-18-21(23-29-28-22(31(23)30-27-18)11-5-2-1-3-6-11)35-24(15)34-20(16)19(33)13-8-9-14(32)17-12(13)7-4-10-26-17/h1-10,32H,25H2. The maximum atomic E-state index is 13.5. The van der Waals surface area contributed by atoms with Gasteiger partial charge in [0.05, 0.1) is 15.1 Å². The molecule has 0 aliphatic heterocycles. The average molecular weight is 496 g/mol. The predicted molar refractivity (Wildman–Crippen MR) is 136 cm³/mol. The summed E-state index contributed by atoms with van der Waals surface area (Å²) in [5.74, 6) is 0.388. The quantitative estimate of drug-likeness (QED) is 0.338. The smallest absolute Gasteiger partial charge is 0.205 e. The van der Waals surface area contributed by atoms with E-state index >= 15 is 0 Å². The monoisotopic (exact) mass is 495 g/mol. The van der Waals surface area contributed by atoms with Gasteiger partial charge in [0.2, 0.25) is 5.78 Å². The number of benzene rings is 2. The first-order valence-electron chi connectivity index (χ1n) is 10.5. The Balaban J connectivity index is 1.40. The highest BCUT2D eigenvalue weighted by Crippen LogP contribution is 2.45.